The van der Waals surface area contributed by atoms with Crippen LogP contribution in [0.3, 0.4) is 0 Å². The lowest BCUT2D eigenvalue weighted by Crippen LogP contribution is -2.49. The molecule has 1 saturated carbocycles. The zero-order valence-electron chi connectivity index (χ0n) is 7.85. The van der Waals surface area contributed by atoms with Gasteiger partial charge in [-0.25, -0.2) is 8.78 Å². The molecule has 1 rings (SSSR count). The first kappa shape index (κ1) is 12.2. The van der Waals surface area contributed by atoms with Gasteiger partial charge in [0, 0.05) is 12.6 Å². The van der Waals surface area contributed by atoms with Gasteiger partial charge < -0.3 is 11.1 Å². The number of carbonyl (C=O) groups is 1. The molecule has 0 aromatic heterocycles. The van der Waals surface area contributed by atoms with Crippen LogP contribution in [0.4, 0.5) is 17.6 Å². The van der Waals surface area contributed by atoms with E-state index in [1.54, 1.807) is 5.32 Å². The normalized spacial score (nSPS) is 19.1. The fraction of sp³-hybridized carbons (Fsp3) is 0.875. The summed E-state index contributed by atoms with van der Waals surface area (Å²) in [7, 11) is 0. The summed E-state index contributed by atoms with van der Waals surface area (Å²) in [6, 6.07) is -0.428. The third-order valence-electron chi connectivity index (χ3n) is 2.30. The number of nitrogens with one attached hydrogen (secondary N) is 1. The highest BCUT2D eigenvalue weighted by molar-refractivity contribution is 5.83. The van der Waals surface area contributed by atoms with Crippen molar-refractivity contribution in [1.82, 2.24) is 5.32 Å². The quantitative estimate of drug-likeness (QED) is 0.682. The predicted molar refractivity (Wildman–Crippen MR) is 44.7 cm³/mol. The molecule has 0 spiro atoms. The van der Waals surface area contributed by atoms with Crippen LogP contribution in [0.25, 0.3) is 0 Å². The highest BCUT2D eigenvalue weighted by Crippen LogP contribution is 2.31. The minimum Gasteiger partial charge on any atom is -0.349 e. The Morgan fingerprint density at radius 1 is 1.47 bits per heavy atom. The van der Waals surface area contributed by atoms with Gasteiger partial charge in [0.2, 0.25) is 0 Å². The fourth-order valence-corrected chi connectivity index (χ4v) is 1.12. The van der Waals surface area contributed by atoms with Crippen LogP contribution < -0.4 is 11.1 Å². The number of nitrogens with two attached hydrogens (primary N) is 1. The second kappa shape index (κ2) is 4.34. The number of hydrogen-bond donors (Lipinski definition) is 2. The summed E-state index contributed by atoms with van der Waals surface area (Å²) < 4.78 is 48.2. The largest absolute Gasteiger partial charge is 0.383 e. The van der Waals surface area contributed by atoms with Crippen molar-refractivity contribution in [2.24, 2.45) is 11.7 Å². The average Bonchev–Trinajstić information content (AvgIpc) is 2.96. The standard InChI is InChI=1S/C8H12F4N2O/c9-6(10)8(11,12)7(15)14-3-5(13)4-1-2-4/h4-6H,1-3,13H2,(H,14,15). The van der Waals surface area contributed by atoms with Crippen molar-refractivity contribution in [2.75, 3.05) is 6.54 Å². The molecule has 1 unspecified atom stereocenters. The average molecular weight is 228 g/mol. The summed E-state index contributed by atoms with van der Waals surface area (Å²) in [4.78, 5) is 10.7. The number of halogens is 4. The number of alkyl halides is 4. The van der Waals surface area contributed by atoms with Crippen molar-refractivity contribution < 1.29 is 22.4 Å². The van der Waals surface area contributed by atoms with Crippen LogP contribution in [-0.4, -0.2) is 30.8 Å². The van der Waals surface area contributed by atoms with Crippen LogP contribution in [-0.2, 0) is 4.79 Å². The minimum atomic E-state index is -4.64. The molecule has 1 amide bonds. The lowest BCUT2D eigenvalue weighted by Gasteiger charge is -2.17. The maximum absolute atomic E-state index is 12.4. The first-order chi connectivity index (χ1) is 6.85. The SMILES string of the molecule is NC(CNC(=O)C(F)(F)C(F)F)C1CC1. The van der Waals surface area contributed by atoms with Crippen LogP contribution in [0, 0.1) is 5.92 Å². The topological polar surface area (TPSA) is 55.1 Å². The molecule has 0 radical (unpaired) electrons. The Labute approximate surface area is 84.0 Å². The number of hydrogen-bond acceptors (Lipinski definition) is 2. The van der Waals surface area contributed by atoms with Gasteiger partial charge in [0.1, 0.15) is 0 Å². The first-order valence-corrected chi connectivity index (χ1v) is 4.55. The van der Waals surface area contributed by atoms with E-state index in [0.717, 1.165) is 12.8 Å². The predicted octanol–water partition coefficient (Wildman–Crippen LogP) is 0.740. The van der Waals surface area contributed by atoms with E-state index >= 15 is 0 Å². The molecule has 15 heavy (non-hydrogen) atoms. The van der Waals surface area contributed by atoms with Crippen molar-refractivity contribution in [2.45, 2.75) is 31.2 Å². The number of rotatable bonds is 5. The van der Waals surface area contributed by atoms with Crippen LogP contribution in [0.2, 0.25) is 0 Å². The van der Waals surface area contributed by atoms with Gasteiger partial charge in [-0.05, 0) is 18.8 Å². The van der Waals surface area contributed by atoms with Gasteiger partial charge in [-0.2, -0.15) is 8.78 Å². The van der Waals surface area contributed by atoms with Crippen LogP contribution in [0.1, 0.15) is 12.8 Å². The molecular weight excluding hydrogens is 216 g/mol. The van der Waals surface area contributed by atoms with Gasteiger partial charge in [-0.15, -0.1) is 0 Å². The van der Waals surface area contributed by atoms with Crippen molar-refractivity contribution >= 4 is 5.91 Å². The second-order valence-corrected chi connectivity index (χ2v) is 3.63. The molecule has 0 bridgehead atoms. The number of carbonyl (C=O) groups excluding carboxylic acids is 1. The summed E-state index contributed by atoms with van der Waals surface area (Å²) in [5.74, 6) is -6.39. The Bertz CT molecular complexity index is 243. The third-order valence-corrected chi connectivity index (χ3v) is 2.30. The Balaban J connectivity index is 2.34. The van der Waals surface area contributed by atoms with E-state index in [2.05, 4.69) is 0 Å². The van der Waals surface area contributed by atoms with Crippen LogP contribution in [0.15, 0.2) is 0 Å². The van der Waals surface area contributed by atoms with E-state index in [0.29, 0.717) is 0 Å². The highest BCUT2D eigenvalue weighted by Gasteiger charge is 2.49. The summed E-state index contributed by atoms with van der Waals surface area (Å²) >= 11 is 0. The summed E-state index contributed by atoms with van der Waals surface area (Å²) in [6.07, 6.45) is -2.21. The molecule has 0 aromatic carbocycles. The van der Waals surface area contributed by atoms with Crippen molar-refractivity contribution in [3.8, 4) is 0 Å². The molecule has 1 aliphatic carbocycles. The van der Waals surface area contributed by atoms with Crippen LogP contribution >= 0.6 is 0 Å². The van der Waals surface area contributed by atoms with E-state index in [-0.39, 0.29) is 12.5 Å². The smallest absolute Gasteiger partial charge is 0.349 e. The molecule has 3 nitrogen and oxygen atoms in total. The Hall–Kier alpha value is -0.850. The van der Waals surface area contributed by atoms with Gasteiger partial charge in [0.25, 0.3) is 5.91 Å². The summed E-state index contributed by atoms with van der Waals surface area (Å²) in [5, 5.41) is 1.73. The maximum Gasteiger partial charge on any atom is 0.383 e. The van der Waals surface area contributed by atoms with E-state index < -0.39 is 24.3 Å². The molecule has 1 atom stereocenters. The van der Waals surface area contributed by atoms with Gasteiger partial charge in [0.15, 0.2) is 0 Å². The van der Waals surface area contributed by atoms with Gasteiger partial charge in [-0.3, -0.25) is 4.79 Å². The van der Waals surface area contributed by atoms with E-state index in [1.807, 2.05) is 0 Å². The fourth-order valence-electron chi connectivity index (χ4n) is 1.12. The van der Waals surface area contributed by atoms with Gasteiger partial charge in [0.05, 0.1) is 0 Å². The summed E-state index contributed by atoms with van der Waals surface area (Å²) in [5.41, 5.74) is 5.50. The van der Waals surface area contributed by atoms with Crippen molar-refractivity contribution in [3.05, 3.63) is 0 Å². The zero-order valence-corrected chi connectivity index (χ0v) is 7.85. The monoisotopic (exact) mass is 228 g/mol. The Kier molecular flexibility index (Phi) is 3.54. The third kappa shape index (κ3) is 3.05. The lowest BCUT2D eigenvalue weighted by atomic mass is 10.2. The maximum atomic E-state index is 12.4. The molecule has 3 N–H and O–H groups in total. The molecule has 1 fully saturated rings. The van der Waals surface area contributed by atoms with Crippen molar-refractivity contribution in [3.63, 3.8) is 0 Å². The molecule has 1 aliphatic rings. The Morgan fingerprint density at radius 2 is 2.00 bits per heavy atom. The molecule has 88 valence electrons. The van der Waals surface area contributed by atoms with E-state index in [4.69, 9.17) is 5.73 Å². The number of amides is 1. The molecule has 0 heterocycles. The highest BCUT2D eigenvalue weighted by atomic mass is 19.3. The van der Waals surface area contributed by atoms with Gasteiger partial charge in [-0.1, -0.05) is 0 Å². The first-order valence-electron chi connectivity index (χ1n) is 4.55. The Morgan fingerprint density at radius 3 is 2.40 bits per heavy atom. The molecule has 0 aliphatic heterocycles. The van der Waals surface area contributed by atoms with Crippen LogP contribution in [0.5, 0.6) is 0 Å². The molecule has 0 aromatic rings. The molecular formula is C8H12F4N2O. The van der Waals surface area contributed by atoms with Gasteiger partial charge >= 0.3 is 12.3 Å². The second-order valence-electron chi connectivity index (χ2n) is 3.63. The molecule has 7 heteroatoms. The minimum absolute atomic E-state index is 0.189. The molecule has 0 saturated heterocycles. The lowest BCUT2D eigenvalue weighted by molar-refractivity contribution is -0.169. The summed E-state index contributed by atoms with van der Waals surface area (Å²) in [6.45, 7) is -0.189. The van der Waals surface area contributed by atoms with E-state index in [1.165, 1.54) is 0 Å². The van der Waals surface area contributed by atoms with E-state index in [9.17, 15) is 22.4 Å². The zero-order chi connectivity index (χ0) is 11.6. The van der Waals surface area contributed by atoms with Crippen molar-refractivity contribution in [1.29, 1.82) is 0 Å².